The molecule has 0 saturated carbocycles. The van der Waals surface area contributed by atoms with Crippen molar-refractivity contribution < 1.29 is 4.79 Å². The molecular weight excluding hydrogens is 214 g/mol. The largest absolute Gasteiger partial charge is 0.364 e. The van der Waals surface area contributed by atoms with Crippen LogP contribution in [0.2, 0.25) is 0 Å². The summed E-state index contributed by atoms with van der Waals surface area (Å²) in [6.07, 6.45) is 3.37. The molecule has 1 aromatic rings. The highest BCUT2D eigenvalue weighted by molar-refractivity contribution is 5.75. The van der Waals surface area contributed by atoms with Gasteiger partial charge in [-0.25, -0.2) is 0 Å². The molecule has 0 aliphatic rings. The van der Waals surface area contributed by atoms with Crippen molar-refractivity contribution >= 4 is 5.91 Å². The molecule has 96 valence electrons. The van der Waals surface area contributed by atoms with Gasteiger partial charge in [-0.2, -0.15) is 0 Å². The molecule has 0 bridgehead atoms. The Morgan fingerprint density at radius 3 is 2.82 bits per heavy atom. The Morgan fingerprint density at radius 1 is 1.47 bits per heavy atom. The molecule has 17 heavy (non-hydrogen) atoms. The van der Waals surface area contributed by atoms with Crippen molar-refractivity contribution in [1.29, 1.82) is 0 Å². The Kier molecular flexibility index (Phi) is 5.22. The van der Waals surface area contributed by atoms with E-state index in [1.165, 1.54) is 0 Å². The summed E-state index contributed by atoms with van der Waals surface area (Å²) in [5.41, 5.74) is 1.09. The van der Waals surface area contributed by atoms with Gasteiger partial charge >= 0.3 is 0 Å². The van der Waals surface area contributed by atoms with Crippen LogP contribution >= 0.6 is 0 Å². The van der Waals surface area contributed by atoms with Crippen LogP contribution in [-0.4, -0.2) is 31.0 Å². The van der Waals surface area contributed by atoms with Crippen molar-refractivity contribution in [3.05, 3.63) is 24.0 Å². The van der Waals surface area contributed by atoms with Crippen LogP contribution < -0.4 is 10.6 Å². The molecule has 1 amide bonds. The first-order chi connectivity index (χ1) is 8.06. The van der Waals surface area contributed by atoms with E-state index >= 15 is 0 Å². The van der Waals surface area contributed by atoms with Crippen LogP contribution in [0.5, 0.6) is 0 Å². The summed E-state index contributed by atoms with van der Waals surface area (Å²) < 4.78 is 0. The molecule has 0 aliphatic heterocycles. The lowest BCUT2D eigenvalue weighted by Gasteiger charge is -2.23. The van der Waals surface area contributed by atoms with Crippen molar-refractivity contribution in [2.45, 2.75) is 32.1 Å². The molecule has 0 unspecified atom stereocenters. The first-order valence-corrected chi connectivity index (χ1v) is 6.11. The first kappa shape index (κ1) is 13.8. The summed E-state index contributed by atoms with van der Waals surface area (Å²) in [7, 11) is 1.90. The Hall–Kier alpha value is -1.29. The van der Waals surface area contributed by atoms with E-state index in [1.807, 2.05) is 25.4 Å². The fraction of sp³-hybridized carbons (Fsp3) is 0.615. The molecule has 0 aliphatic carbocycles. The van der Waals surface area contributed by atoms with Gasteiger partial charge in [-0.15, -0.1) is 0 Å². The highest BCUT2D eigenvalue weighted by Gasteiger charge is 2.21. The van der Waals surface area contributed by atoms with Gasteiger partial charge in [-0.05, 0) is 32.1 Å². The standard InChI is InChI=1S/C13H23N3O/c1-13(2,11-6-4-9-15-11)10-16-12(17)7-5-8-14-3/h4,6,9,14-15H,5,7-8,10H2,1-3H3,(H,16,17). The van der Waals surface area contributed by atoms with E-state index in [0.717, 1.165) is 18.7 Å². The molecule has 3 N–H and O–H groups in total. The molecule has 4 nitrogen and oxygen atoms in total. The molecule has 0 atom stereocenters. The molecule has 4 heteroatoms. The third kappa shape index (κ3) is 4.61. The topological polar surface area (TPSA) is 56.9 Å². The molecule has 1 heterocycles. The van der Waals surface area contributed by atoms with Gasteiger partial charge in [0.1, 0.15) is 0 Å². The van der Waals surface area contributed by atoms with Crippen molar-refractivity contribution in [2.24, 2.45) is 0 Å². The molecule has 0 spiro atoms. The fourth-order valence-electron chi connectivity index (χ4n) is 1.68. The molecule has 1 aromatic heterocycles. The van der Waals surface area contributed by atoms with E-state index < -0.39 is 0 Å². The van der Waals surface area contributed by atoms with E-state index in [9.17, 15) is 4.79 Å². The molecule has 0 aromatic carbocycles. The molecule has 0 radical (unpaired) electrons. The Morgan fingerprint density at radius 2 is 2.24 bits per heavy atom. The number of aromatic amines is 1. The van der Waals surface area contributed by atoms with Gasteiger partial charge in [0.2, 0.25) is 5.91 Å². The van der Waals surface area contributed by atoms with Gasteiger partial charge in [0, 0.05) is 30.3 Å². The molecule has 1 rings (SSSR count). The second-order valence-corrected chi connectivity index (χ2v) is 4.95. The number of H-pyrrole nitrogens is 1. The van der Waals surface area contributed by atoms with E-state index in [0.29, 0.717) is 13.0 Å². The number of rotatable bonds is 7. The number of hydrogen-bond donors (Lipinski definition) is 3. The average Bonchev–Trinajstić information content (AvgIpc) is 2.81. The minimum absolute atomic E-state index is 0.0534. The van der Waals surface area contributed by atoms with E-state index in [2.05, 4.69) is 29.5 Å². The summed E-state index contributed by atoms with van der Waals surface area (Å²) in [6.45, 7) is 5.78. The maximum atomic E-state index is 11.6. The summed E-state index contributed by atoms with van der Waals surface area (Å²) >= 11 is 0. The fourth-order valence-corrected chi connectivity index (χ4v) is 1.68. The third-order valence-electron chi connectivity index (χ3n) is 2.89. The van der Waals surface area contributed by atoms with Gasteiger partial charge in [-0.3, -0.25) is 4.79 Å². The van der Waals surface area contributed by atoms with Crippen LogP contribution in [0.25, 0.3) is 0 Å². The number of carbonyl (C=O) groups excluding carboxylic acids is 1. The van der Waals surface area contributed by atoms with Crippen LogP contribution in [0.15, 0.2) is 18.3 Å². The van der Waals surface area contributed by atoms with E-state index in [-0.39, 0.29) is 11.3 Å². The summed E-state index contributed by atoms with van der Waals surface area (Å²) in [5.74, 6) is 0.125. The quantitative estimate of drug-likeness (QED) is 0.628. The Bertz CT molecular complexity index is 330. The molecule has 0 saturated heterocycles. The maximum Gasteiger partial charge on any atom is 0.220 e. The predicted molar refractivity (Wildman–Crippen MR) is 70.0 cm³/mol. The number of carbonyl (C=O) groups is 1. The summed E-state index contributed by atoms with van der Waals surface area (Å²) in [4.78, 5) is 14.8. The second kappa shape index (κ2) is 6.45. The zero-order chi connectivity index (χ0) is 12.7. The molecule has 0 fully saturated rings. The van der Waals surface area contributed by atoms with Crippen molar-refractivity contribution in [2.75, 3.05) is 20.1 Å². The Balaban J connectivity index is 2.32. The summed E-state index contributed by atoms with van der Waals surface area (Å²) in [5, 5.41) is 6.02. The van der Waals surface area contributed by atoms with E-state index in [1.54, 1.807) is 0 Å². The van der Waals surface area contributed by atoms with Crippen molar-refractivity contribution in [3.8, 4) is 0 Å². The van der Waals surface area contributed by atoms with Crippen LogP contribution in [0.3, 0.4) is 0 Å². The average molecular weight is 237 g/mol. The summed E-state index contributed by atoms with van der Waals surface area (Å²) in [6, 6.07) is 4.03. The lowest BCUT2D eigenvalue weighted by Crippen LogP contribution is -2.37. The minimum atomic E-state index is -0.0534. The number of aromatic nitrogens is 1. The van der Waals surface area contributed by atoms with Gasteiger partial charge in [0.25, 0.3) is 0 Å². The van der Waals surface area contributed by atoms with Gasteiger partial charge in [-0.1, -0.05) is 13.8 Å². The molecular formula is C13H23N3O. The van der Waals surface area contributed by atoms with Gasteiger partial charge < -0.3 is 15.6 Å². The second-order valence-electron chi connectivity index (χ2n) is 4.95. The SMILES string of the molecule is CNCCCC(=O)NCC(C)(C)c1ccc[nH]1. The lowest BCUT2D eigenvalue weighted by molar-refractivity contribution is -0.121. The third-order valence-corrected chi connectivity index (χ3v) is 2.89. The predicted octanol–water partition coefficient (Wildman–Crippen LogP) is 1.41. The van der Waals surface area contributed by atoms with Gasteiger partial charge in [0.05, 0.1) is 0 Å². The zero-order valence-corrected chi connectivity index (χ0v) is 11.0. The van der Waals surface area contributed by atoms with Crippen LogP contribution in [0.4, 0.5) is 0 Å². The minimum Gasteiger partial charge on any atom is -0.364 e. The van der Waals surface area contributed by atoms with Crippen molar-refractivity contribution in [1.82, 2.24) is 15.6 Å². The normalized spacial score (nSPS) is 11.5. The Labute approximate surface area is 103 Å². The number of amides is 1. The van der Waals surface area contributed by atoms with Crippen LogP contribution in [0.1, 0.15) is 32.4 Å². The van der Waals surface area contributed by atoms with E-state index in [4.69, 9.17) is 0 Å². The van der Waals surface area contributed by atoms with Crippen molar-refractivity contribution in [3.63, 3.8) is 0 Å². The smallest absolute Gasteiger partial charge is 0.220 e. The number of hydrogen-bond acceptors (Lipinski definition) is 2. The monoisotopic (exact) mass is 237 g/mol. The lowest BCUT2D eigenvalue weighted by atomic mass is 9.89. The zero-order valence-electron chi connectivity index (χ0n) is 11.0. The van der Waals surface area contributed by atoms with Crippen LogP contribution in [0, 0.1) is 0 Å². The highest BCUT2D eigenvalue weighted by atomic mass is 16.1. The first-order valence-electron chi connectivity index (χ1n) is 6.11. The maximum absolute atomic E-state index is 11.6. The highest BCUT2D eigenvalue weighted by Crippen LogP contribution is 2.19. The van der Waals surface area contributed by atoms with Crippen LogP contribution in [-0.2, 0) is 10.2 Å². The van der Waals surface area contributed by atoms with Gasteiger partial charge in [0.15, 0.2) is 0 Å². The number of nitrogens with one attached hydrogen (secondary N) is 3.